The number of para-hydroxylation sites is 5. The molecule has 145 heavy (non-hydrogen) atoms. The second kappa shape index (κ2) is 37.7. The first-order valence-corrected chi connectivity index (χ1v) is 51.5. The molecular weight excluding hydrogens is 1780 g/mol. The highest BCUT2D eigenvalue weighted by molar-refractivity contribution is 6.16. The van der Waals surface area contributed by atoms with E-state index in [1.807, 2.05) is 78.9 Å². The van der Waals surface area contributed by atoms with Crippen molar-refractivity contribution in [3.63, 3.8) is 0 Å². The highest BCUT2D eigenvalue weighted by atomic mass is 16.4. The van der Waals surface area contributed by atoms with E-state index in [9.17, 15) is 0 Å². The first-order valence-electron chi connectivity index (χ1n) is 51.5. The zero-order valence-corrected chi connectivity index (χ0v) is 85.7. The van der Waals surface area contributed by atoms with Crippen molar-refractivity contribution in [2.75, 3.05) is 0 Å². The van der Waals surface area contributed by atoms with Gasteiger partial charge in [0.05, 0.1) is 55.4 Å². The summed E-state index contributed by atoms with van der Waals surface area (Å²) >= 11 is 0. The molecule has 15 heteroatoms. The molecule has 0 aliphatic heterocycles. The van der Waals surface area contributed by atoms with Crippen LogP contribution >= 0.6 is 0 Å². The highest BCUT2D eigenvalue weighted by Gasteiger charge is 2.32. The maximum absolute atomic E-state index is 6.44. The minimum Gasteiger partial charge on any atom is -0.437 e. The maximum Gasteiger partial charge on any atom is 0.227 e. The van der Waals surface area contributed by atoms with E-state index in [-0.39, 0.29) is 5.41 Å². The molecule has 2 aliphatic rings. The Hall–Kier alpha value is -16.0. The van der Waals surface area contributed by atoms with Crippen LogP contribution in [0, 0.1) is 34.6 Å². The predicted molar refractivity (Wildman–Crippen MR) is 591 cm³/mol. The number of hydrogen-bond acceptors (Lipinski definition) is 10. The number of aryl methyl sites for hydroxylation is 11. The quantitative estimate of drug-likeness (QED) is 0.128. The number of pyridine rings is 10. The number of benzene rings is 10. The van der Waals surface area contributed by atoms with Crippen LogP contribution in [0.15, 0.2) is 326 Å². The van der Waals surface area contributed by atoms with Gasteiger partial charge in [-0.15, -0.1) is 0 Å². The van der Waals surface area contributed by atoms with Gasteiger partial charge in [0.15, 0.2) is 58.9 Å². The molecule has 0 bridgehead atoms. The zero-order chi connectivity index (χ0) is 99.5. The molecule has 25 aromatic rings. The Labute approximate surface area is 843 Å². The molecule has 0 saturated heterocycles. The minimum absolute atomic E-state index is 0.0813. The average molecular weight is 1900 g/mol. The van der Waals surface area contributed by atoms with Crippen molar-refractivity contribution >= 4 is 165 Å². The lowest BCUT2D eigenvalue weighted by Gasteiger charge is -2.21. The average Bonchev–Trinajstić information content (AvgIpc) is 1.61. The number of fused-ring (bicyclic) bond motifs is 20. The van der Waals surface area contributed by atoms with Crippen molar-refractivity contribution in [3.05, 3.63) is 360 Å². The van der Waals surface area contributed by atoms with Gasteiger partial charge in [-0.3, -0.25) is 0 Å². The summed E-state index contributed by atoms with van der Waals surface area (Å²) in [5.41, 5.74) is 37.6. The number of hydrogen-bond donors (Lipinski definition) is 0. The van der Waals surface area contributed by atoms with Gasteiger partial charge in [0.25, 0.3) is 0 Å². The molecule has 15 aromatic heterocycles. The molecule has 15 heterocycles. The number of nitrogens with zero attached hydrogens (tertiary/aromatic N) is 10. The van der Waals surface area contributed by atoms with E-state index >= 15 is 0 Å². The standard InChI is InChI=1S/C28H27N2O.C27H25N2O.C26H25N2O.C25H23N2O.C24H21N2O/c1-18-12-13-22-23-16-21-10-6-7-11-24(21)29-28(23)31-27(22)26(18)25-17-20(14-15-30(25)2)19-8-4-3-5-9-19;1-17-11-12-21-22-15-20-9-5-6-10-23(20)28-27(22)30-26(21)25(17)24-16-19(13-14-29(24)2)18-7-3-4-8-18;1-16-10-11-19-20-14-17-8-6-7-9-21(17)27-25(20)29-24(19)23(16)22-15-18(26(2,3)4)12-13-28(22)5;1-15(2)17-11-12-27(4)22(14-17)23-16(3)9-10-19-20-13-18-7-5-6-8-21(18)26-25(20)28-24(19)23;1-4-16-11-12-26(3)21(13-16)22-15(2)9-10-18-19-14-17-7-5-6-8-20(17)25-24(19)27-23(18)22/h6-7,10-17,19H,3-5,8-9H2,1-2H3;5-6,9-16,18H,3-4,7-8H2,1-2H3;6-15H,1-5H3;5-15H,1-4H3;5-14H,4H2,1-3H3/q5*+1. The lowest BCUT2D eigenvalue weighted by atomic mass is 9.84. The SMILES string of the molecule is CCc1cc[n+](C)c(-c2c(C)ccc3c2oc2nc4ccccc4cc23)c1.Cc1ccc2c(oc3nc4ccccc4cc32)c1-c1cc(C(C)(C)C)cc[n+]1C.Cc1ccc2c(oc3nc4ccccc4cc32)c1-c1cc(C(C)C)cc[n+]1C.Cc1ccc2c(oc3nc4ccccc4cc32)c1-c1cc(C2CCCC2)cc[n+]1C.Cc1ccc2c(oc3nc4ccccc4cc32)c1-c1cc(C2CCCCC2)cc[n+]1C. The minimum atomic E-state index is 0.0813. The summed E-state index contributed by atoms with van der Waals surface area (Å²) in [6, 6.07) is 96.6. The predicted octanol–water partition coefficient (Wildman–Crippen LogP) is 31.4. The molecule has 15 nitrogen and oxygen atoms in total. The van der Waals surface area contributed by atoms with Gasteiger partial charge in [0.2, 0.25) is 57.0 Å². The molecule has 2 aliphatic carbocycles. The molecular formula is C130H121N10O5+5. The molecule has 0 amide bonds. The molecule has 0 unspecified atom stereocenters. The summed E-state index contributed by atoms with van der Waals surface area (Å²) in [7, 11) is 10.5. The van der Waals surface area contributed by atoms with Crippen LogP contribution in [-0.4, -0.2) is 24.9 Å². The third-order valence-electron chi connectivity index (χ3n) is 30.7. The van der Waals surface area contributed by atoms with Gasteiger partial charge >= 0.3 is 0 Å². The molecule has 2 fully saturated rings. The van der Waals surface area contributed by atoms with E-state index in [1.165, 1.54) is 142 Å². The van der Waals surface area contributed by atoms with E-state index in [0.29, 0.717) is 46.3 Å². The van der Waals surface area contributed by atoms with Crippen molar-refractivity contribution < 1.29 is 44.9 Å². The van der Waals surface area contributed by atoms with Gasteiger partial charge in [-0.1, -0.05) is 225 Å². The van der Waals surface area contributed by atoms with Crippen LogP contribution < -0.4 is 22.8 Å². The van der Waals surface area contributed by atoms with Crippen LogP contribution in [0.4, 0.5) is 0 Å². The van der Waals surface area contributed by atoms with Crippen LogP contribution in [-0.2, 0) is 47.1 Å². The molecule has 0 spiro atoms. The van der Waals surface area contributed by atoms with E-state index in [1.54, 1.807) is 0 Å². The van der Waals surface area contributed by atoms with Gasteiger partial charge < -0.3 is 22.1 Å². The summed E-state index contributed by atoms with van der Waals surface area (Å²) in [6.45, 7) is 24.2. The summed E-state index contributed by atoms with van der Waals surface area (Å²) < 4.78 is 42.9. The lowest BCUT2D eigenvalue weighted by Crippen LogP contribution is -2.32. The molecule has 27 rings (SSSR count). The second-order valence-electron chi connectivity index (χ2n) is 41.7. The Bertz CT molecular complexity index is 9480. The molecule has 0 N–H and O–H groups in total. The van der Waals surface area contributed by atoms with Crippen molar-refractivity contribution in [3.8, 4) is 56.3 Å². The van der Waals surface area contributed by atoms with Crippen molar-refractivity contribution in [1.82, 2.24) is 24.9 Å². The van der Waals surface area contributed by atoms with Gasteiger partial charge in [0, 0.05) is 141 Å². The maximum atomic E-state index is 6.44. The van der Waals surface area contributed by atoms with E-state index < -0.39 is 0 Å². The Morgan fingerprint density at radius 3 is 0.841 bits per heavy atom. The van der Waals surface area contributed by atoms with Crippen LogP contribution in [0.1, 0.15) is 173 Å². The summed E-state index contributed by atoms with van der Waals surface area (Å²) in [5, 5.41) is 16.7. The second-order valence-corrected chi connectivity index (χ2v) is 41.7. The van der Waals surface area contributed by atoms with Crippen molar-refractivity contribution in [2.24, 2.45) is 35.2 Å². The van der Waals surface area contributed by atoms with Crippen LogP contribution in [0.3, 0.4) is 0 Å². The molecule has 0 atom stereocenters. The first-order chi connectivity index (χ1) is 70.4. The topological polar surface area (TPSA) is 150 Å². The van der Waals surface area contributed by atoms with E-state index in [0.717, 1.165) is 171 Å². The zero-order valence-electron chi connectivity index (χ0n) is 85.7. The van der Waals surface area contributed by atoms with Gasteiger partial charge in [-0.2, -0.15) is 0 Å². The molecule has 0 radical (unpaired) electrons. The number of rotatable bonds is 9. The smallest absolute Gasteiger partial charge is 0.227 e. The largest absolute Gasteiger partial charge is 0.437 e. The highest BCUT2D eigenvalue weighted by Crippen LogP contribution is 2.47. The molecule has 10 aromatic carbocycles. The Kier molecular flexibility index (Phi) is 24.1. The Morgan fingerprint density at radius 2 is 0.545 bits per heavy atom. The molecule has 716 valence electrons. The summed E-state index contributed by atoms with van der Waals surface area (Å²) in [6.07, 6.45) is 23.8. The third-order valence-corrected chi connectivity index (χ3v) is 30.7. The van der Waals surface area contributed by atoms with E-state index in [4.69, 9.17) is 47.0 Å². The summed E-state index contributed by atoms with van der Waals surface area (Å²) in [5.74, 6) is 1.84. The normalized spacial score (nSPS) is 13.3. The van der Waals surface area contributed by atoms with Crippen LogP contribution in [0.5, 0.6) is 0 Å². The van der Waals surface area contributed by atoms with Gasteiger partial charge in [-0.05, 0) is 206 Å². The van der Waals surface area contributed by atoms with Crippen LogP contribution in [0.2, 0.25) is 0 Å². The van der Waals surface area contributed by atoms with Gasteiger partial charge in [-0.25, -0.2) is 47.8 Å². The number of aromatic nitrogens is 10. The Morgan fingerprint density at radius 1 is 0.283 bits per heavy atom. The van der Waals surface area contributed by atoms with E-state index in [2.05, 4.69) is 359 Å². The van der Waals surface area contributed by atoms with Crippen molar-refractivity contribution in [2.45, 2.75) is 164 Å². The fourth-order valence-electron chi connectivity index (χ4n) is 22.3. The monoisotopic (exact) mass is 1900 g/mol. The summed E-state index contributed by atoms with van der Waals surface area (Å²) in [4.78, 5) is 23.9. The fourth-order valence-corrected chi connectivity index (χ4v) is 22.3. The first kappa shape index (κ1) is 92.7. The van der Waals surface area contributed by atoms with Gasteiger partial charge in [0.1, 0.15) is 35.2 Å². The number of furan rings is 5. The molecule has 2 saturated carbocycles. The van der Waals surface area contributed by atoms with Crippen LogP contribution in [0.25, 0.3) is 221 Å². The lowest BCUT2D eigenvalue weighted by molar-refractivity contribution is -0.660. The third kappa shape index (κ3) is 17.2. The Balaban J connectivity index is 0.000000100. The van der Waals surface area contributed by atoms with Crippen molar-refractivity contribution in [1.29, 1.82) is 0 Å². The fraction of sp³-hybridized carbons (Fsp3) is 0.231.